The number of hydrogen-bond donors (Lipinski definition) is 0. The summed E-state index contributed by atoms with van der Waals surface area (Å²) in [6.45, 7) is 8.34. The Hall–Kier alpha value is -2.54. The molecule has 3 aromatic rings. The zero-order valence-electron chi connectivity index (χ0n) is 16.9. The van der Waals surface area contributed by atoms with Gasteiger partial charge < -0.3 is 9.64 Å². The molecule has 148 valence electrons. The van der Waals surface area contributed by atoms with Crippen LogP contribution in [0.4, 0.5) is 4.39 Å². The van der Waals surface area contributed by atoms with Crippen molar-refractivity contribution in [1.82, 2.24) is 24.9 Å². The molecule has 1 aliphatic rings. The Morgan fingerprint density at radius 1 is 1.18 bits per heavy atom. The number of likely N-dealkylation sites (tertiary alicyclic amines) is 1. The highest BCUT2D eigenvalue weighted by Crippen LogP contribution is 2.33. The van der Waals surface area contributed by atoms with Crippen LogP contribution in [0.3, 0.4) is 0 Å². The van der Waals surface area contributed by atoms with Crippen LogP contribution in [-0.2, 0) is 0 Å². The molecule has 4 rings (SSSR count). The SMILES string of the molecule is CCOc1ccc(-n2nc3c(C4CCN(C)CC4)nnc(C)c3c2C)c(F)c1. The van der Waals surface area contributed by atoms with E-state index in [0.717, 1.165) is 53.9 Å². The van der Waals surface area contributed by atoms with Gasteiger partial charge in [-0.05, 0) is 65.9 Å². The lowest BCUT2D eigenvalue weighted by Crippen LogP contribution is -2.29. The fraction of sp³-hybridized carbons (Fsp3) is 0.476. The van der Waals surface area contributed by atoms with Gasteiger partial charge in [0, 0.05) is 17.4 Å². The number of ether oxygens (including phenoxy) is 1. The second-order valence-electron chi connectivity index (χ2n) is 7.52. The second kappa shape index (κ2) is 7.47. The minimum absolute atomic E-state index is 0.333. The monoisotopic (exact) mass is 383 g/mol. The third-order valence-electron chi connectivity index (χ3n) is 5.59. The number of aromatic nitrogens is 4. The van der Waals surface area contributed by atoms with Crippen LogP contribution in [0.25, 0.3) is 16.6 Å². The number of rotatable bonds is 4. The van der Waals surface area contributed by atoms with E-state index in [2.05, 4.69) is 22.1 Å². The summed E-state index contributed by atoms with van der Waals surface area (Å²) in [5, 5.41) is 14.7. The highest BCUT2D eigenvalue weighted by molar-refractivity contribution is 5.86. The molecule has 1 saturated heterocycles. The van der Waals surface area contributed by atoms with Crippen molar-refractivity contribution in [3.8, 4) is 11.4 Å². The van der Waals surface area contributed by atoms with Gasteiger partial charge in [-0.1, -0.05) is 0 Å². The minimum Gasteiger partial charge on any atom is -0.494 e. The van der Waals surface area contributed by atoms with Crippen molar-refractivity contribution in [1.29, 1.82) is 0 Å². The van der Waals surface area contributed by atoms with Crippen LogP contribution in [0.5, 0.6) is 5.75 Å². The van der Waals surface area contributed by atoms with E-state index < -0.39 is 0 Å². The summed E-state index contributed by atoms with van der Waals surface area (Å²) in [5.74, 6) is 0.491. The molecule has 1 aliphatic heterocycles. The predicted molar refractivity (Wildman–Crippen MR) is 107 cm³/mol. The Labute approximate surface area is 164 Å². The molecule has 0 saturated carbocycles. The highest BCUT2D eigenvalue weighted by Gasteiger charge is 2.26. The van der Waals surface area contributed by atoms with Crippen LogP contribution in [0.2, 0.25) is 0 Å². The molecule has 0 spiro atoms. The van der Waals surface area contributed by atoms with Gasteiger partial charge in [0.25, 0.3) is 0 Å². The lowest BCUT2D eigenvalue weighted by atomic mass is 9.92. The summed E-state index contributed by atoms with van der Waals surface area (Å²) in [5.41, 5.74) is 3.88. The summed E-state index contributed by atoms with van der Waals surface area (Å²) in [6.07, 6.45) is 2.07. The van der Waals surface area contributed by atoms with Crippen molar-refractivity contribution in [2.45, 2.75) is 39.5 Å². The molecule has 0 radical (unpaired) electrons. The summed E-state index contributed by atoms with van der Waals surface area (Å²) < 4.78 is 21.9. The van der Waals surface area contributed by atoms with Gasteiger partial charge in [0.2, 0.25) is 0 Å². The zero-order chi connectivity index (χ0) is 19.8. The quantitative estimate of drug-likeness (QED) is 0.686. The maximum atomic E-state index is 14.8. The van der Waals surface area contributed by atoms with Crippen LogP contribution < -0.4 is 4.74 Å². The van der Waals surface area contributed by atoms with Crippen LogP contribution in [-0.4, -0.2) is 51.6 Å². The average molecular weight is 383 g/mol. The second-order valence-corrected chi connectivity index (χ2v) is 7.52. The summed E-state index contributed by atoms with van der Waals surface area (Å²) in [7, 11) is 2.14. The van der Waals surface area contributed by atoms with Crippen molar-refractivity contribution in [2.75, 3.05) is 26.7 Å². The molecular weight excluding hydrogens is 357 g/mol. The first-order chi connectivity index (χ1) is 13.5. The summed E-state index contributed by atoms with van der Waals surface area (Å²) >= 11 is 0. The third-order valence-corrected chi connectivity index (χ3v) is 5.59. The largest absolute Gasteiger partial charge is 0.494 e. The normalized spacial score (nSPS) is 16.0. The van der Waals surface area contributed by atoms with Gasteiger partial charge in [-0.15, -0.1) is 0 Å². The molecule has 7 heteroatoms. The van der Waals surface area contributed by atoms with Crippen molar-refractivity contribution in [2.24, 2.45) is 0 Å². The van der Waals surface area contributed by atoms with Gasteiger partial charge in [-0.2, -0.15) is 15.3 Å². The number of aryl methyl sites for hydroxylation is 2. The van der Waals surface area contributed by atoms with E-state index in [0.29, 0.717) is 24.0 Å². The summed E-state index contributed by atoms with van der Waals surface area (Å²) in [6, 6.07) is 4.89. The molecule has 3 heterocycles. The van der Waals surface area contributed by atoms with E-state index >= 15 is 0 Å². The van der Waals surface area contributed by atoms with Crippen molar-refractivity contribution < 1.29 is 9.13 Å². The summed E-state index contributed by atoms with van der Waals surface area (Å²) in [4.78, 5) is 2.33. The molecule has 0 bridgehead atoms. The molecule has 0 amide bonds. The Bertz CT molecular complexity index is 1010. The van der Waals surface area contributed by atoms with E-state index in [4.69, 9.17) is 9.84 Å². The first-order valence-electron chi connectivity index (χ1n) is 9.83. The van der Waals surface area contributed by atoms with Crippen molar-refractivity contribution in [3.63, 3.8) is 0 Å². The lowest BCUT2D eigenvalue weighted by Gasteiger charge is -2.28. The average Bonchev–Trinajstić information content (AvgIpc) is 3.01. The molecule has 1 aromatic carbocycles. The third kappa shape index (κ3) is 3.24. The minimum atomic E-state index is -0.360. The van der Waals surface area contributed by atoms with Gasteiger partial charge in [0.1, 0.15) is 17.0 Å². The van der Waals surface area contributed by atoms with Gasteiger partial charge >= 0.3 is 0 Å². The zero-order valence-corrected chi connectivity index (χ0v) is 16.9. The van der Waals surface area contributed by atoms with E-state index in [9.17, 15) is 4.39 Å². The van der Waals surface area contributed by atoms with E-state index in [1.807, 2.05) is 20.8 Å². The van der Waals surface area contributed by atoms with Gasteiger partial charge in [0.05, 0.1) is 23.7 Å². The van der Waals surface area contributed by atoms with Gasteiger partial charge in [-0.25, -0.2) is 9.07 Å². The Kier molecular flexibility index (Phi) is 5.02. The van der Waals surface area contributed by atoms with Crippen LogP contribution in [0.1, 0.15) is 42.8 Å². The Morgan fingerprint density at radius 2 is 1.93 bits per heavy atom. The first-order valence-corrected chi connectivity index (χ1v) is 9.83. The lowest BCUT2D eigenvalue weighted by molar-refractivity contribution is 0.253. The fourth-order valence-corrected chi connectivity index (χ4v) is 4.05. The number of benzene rings is 1. The fourth-order valence-electron chi connectivity index (χ4n) is 4.05. The molecule has 0 aliphatic carbocycles. The van der Waals surface area contributed by atoms with Gasteiger partial charge in [0.15, 0.2) is 5.82 Å². The number of hydrogen-bond acceptors (Lipinski definition) is 5. The molecule has 2 aromatic heterocycles. The van der Waals surface area contributed by atoms with E-state index in [1.54, 1.807) is 16.8 Å². The highest BCUT2D eigenvalue weighted by atomic mass is 19.1. The maximum Gasteiger partial charge on any atom is 0.152 e. The molecular formula is C21H26FN5O. The molecule has 0 atom stereocenters. The molecule has 1 fully saturated rings. The molecule has 0 unspecified atom stereocenters. The Balaban J connectivity index is 1.82. The first kappa shape index (κ1) is 18.8. The molecule has 28 heavy (non-hydrogen) atoms. The van der Waals surface area contributed by atoms with Gasteiger partial charge in [-0.3, -0.25) is 0 Å². The van der Waals surface area contributed by atoms with Crippen LogP contribution >= 0.6 is 0 Å². The number of piperidine rings is 1. The van der Waals surface area contributed by atoms with E-state index in [-0.39, 0.29) is 5.82 Å². The van der Waals surface area contributed by atoms with Crippen molar-refractivity contribution >= 4 is 10.9 Å². The standard InChI is InChI=1S/C21H26FN5O/c1-5-28-16-6-7-18(17(22)12-16)27-14(3)19-13(2)23-24-20(21(19)25-27)15-8-10-26(4)11-9-15/h6-7,12,15H,5,8-11H2,1-4H3. The van der Waals surface area contributed by atoms with Crippen molar-refractivity contribution in [3.05, 3.63) is 41.1 Å². The number of fused-ring (bicyclic) bond motifs is 1. The number of nitrogens with zero attached hydrogens (tertiary/aromatic N) is 5. The Morgan fingerprint density at radius 3 is 2.61 bits per heavy atom. The van der Waals surface area contributed by atoms with Crippen LogP contribution in [0, 0.1) is 19.7 Å². The molecule has 0 N–H and O–H groups in total. The topological polar surface area (TPSA) is 56.1 Å². The predicted octanol–water partition coefficient (Wildman–Crippen LogP) is 3.78. The maximum absolute atomic E-state index is 14.8. The van der Waals surface area contributed by atoms with Crippen LogP contribution in [0.15, 0.2) is 18.2 Å². The smallest absolute Gasteiger partial charge is 0.152 e. The van der Waals surface area contributed by atoms with E-state index in [1.165, 1.54) is 6.07 Å². The molecule has 6 nitrogen and oxygen atoms in total. The number of halogens is 1.